The van der Waals surface area contributed by atoms with Crippen LogP contribution in [0.1, 0.15) is 55.1 Å². The van der Waals surface area contributed by atoms with Gasteiger partial charge in [-0.05, 0) is 63.8 Å². The number of rotatable bonds is 8. The summed E-state index contributed by atoms with van der Waals surface area (Å²) in [6, 6.07) is 7.31. The van der Waals surface area contributed by atoms with E-state index in [1.165, 1.54) is 29.9 Å². The second-order valence-electron chi connectivity index (χ2n) is 7.48. The van der Waals surface area contributed by atoms with Crippen molar-refractivity contribution in [3.05, 3.63) is 76.4 Å². The Kier molecular flexibility index (Phi) is 7.87. The third-order valence-electron chi connectivity index (χ3n) is 4.67. The van der Waals surface area contributed by atoms with Gasteiger partial charge >= 0.3 is 0 Å². The first-order chi connectivity index (χ1) is 14.2. The number of aromatic hydroxyl groups is 4. The van der Waals surface area contributed by atoms with Gasteiger partial charge in [0.1, 0.15) is 28.6 Å². The molecule has 5 nitrogen and oxygen atoms in total. The molecule has 0 aliphatic rings. The molecule has 0 unspecified atom stereocenters. The summed E-state index contributed by atoms with van der Waals surface area (Å²) < 4.78 is 0. The normalized spacial score (nSPS) is 11.6. The molecule has 0 aliphatic carbocycles. The number of phenols is 4. The van der Waals surface area contributed by atoms with E-state index in [0.717, 1.165) is 24.5 Å². The molecule has 0 bridgehead atoms. The zero-order chi connectivity index (χ0) is 22.3. The molecule has 30 heavy (non-hydrogen) atoms. The van der Waals surface area contributed by atoms with Crippen LogP contribution in [0.5, 0.6) is 23.0 Å². The average molecular weight is 408 g/mol. The third kappa shape index (κ3) is 6.27. The topological polar surface area (TPSA) is 98.0 Å². The summed E-state index contributed by atoms with van der Waals surface area (Å²) in [5.74, 6) is -1.67. The van der Waals surface area contributed by atoms with Crippen LogP contribution >= 0.6 is 0 Å². The van der Waals surface area contributed by atoms with Crippen LogP contribution in [0.3, 0.4) is 0 Å². The van der Waals surface area contributed by atoms with Crippen LogP contribution in [-0.4, -0.2) is 26.2 Å². The van der Waals surface area contributed by atoms with Gasteiger partial charge in [0, 0.05) is 11.6 Å². The highest BCUT2D eigenvalue weighted by molar-refractivity contribution is 6.10. The van der Waals surface area contributed by atoms with E-state index in [1.807, 2.05) is 26.8 Å². The van der Waals surface area contributed by atoms with Crippen LogP contribution in [0, 0.1) is 0 Å². The second kappa shape index (κ2) is 10.3. The fraction of sp³-hybridized carbons (Fsp3) is 0.240. The molecule has 0 spiro atoms. The SMILES string of the molecule is CC(C)=CCCC(C)=CCc1c(O)cc(O)c(C(=O)C=Cc2ccc(O)cc2)c1O. The standard InChI is InChI=1S/C25H28O5/c1-16(2)5-4-6-17(3)7-13-20-22(28)15-23(29)24(25(20)30)21(27)14-10-18-8-11-19(26)12-9-18/h5,7-12,14-15,26,28-30H,4,6,13H2,1-3H3. The molecular weight excluding hydrogens is 380 g/mol. The van der Waals surface area contributed by atoms with Gasteiger partial charge in [-0.15, -0.1) is 0 Å². The number of hydrogen-bond donors (Lipinski definition) is 4. The summed E-state index contributed by atoms with van der Waals surface area (Å²) >= 11 is 0. The highest BCUT2D eigenvalue weighted by Gasteiger charge is 2.20. The van der Waals surface area contributed by atoms with Crippen LogP contribution in [0.25, 0.3) is 6.08 Å². The molecular formula is C25H28O5. The fourth-order valence-electron chi connectivity index (χ4n) is 2.93. The first-order valence-corrected chi connectivity index (χ1v) is 9.76. The van der Waals surface area contributed by atoms with Gasteiger partial charge < -0.3 is 20.4 Å². The molecule has 0 radical (unpaired) electrons. The summed E-state index contributed by atoms with van der Waals surface area (Å²) in [5.41, 5.74) is 2.96. The quantitative estimate of drug-likeness (QED) is 0.257. The van der Waals surface area contributed by atoms with Gasteiger partial charge in [0.25, 0.3) is 0 Å². The Morgan fingerprint density at radius 2 is 1.60 bits per heavy atom. The van der Waals surface area contributed by atoms with E-state index in [9.17, 15) is 25.2 Å². The van der Waals surface area contributed by atoms with Crippen molar-refractivity contribution in [2.24, 2.45) is 0 Å². The monoisotopic (exact) mass is 408 g/mol. The van der Waals surface area contributed by atoms with Crippen molar-refractivity contribution >= 4 is 11.9 Å². The van der Waals surface area contributed by atoms with E-state index < -0.39 is 17.3 Å². The molecule has 0 fully saturated rings. The maximum Gasteiger partial charge on any atom is 0.193 e. The first-order valence-electron chi connectivity index (χ1n) is 9.76. The maximum absolute atomic E-state index is 12.6. The summed E-state index contributed by atoms with van der Waals surface area (Å²) in [4.78, 5) is 12.6. The number of carbonyl (C=O) groups excluding carboxylic acids is 1. The van der Waals surface area contributed by atoms with Gasteiger partial charge in [-0.2, -0.15) is 0 Å². The molecule has 0 heterocycles. The lowest BCUT2D eigenvalue weighted by Gasteiger charge is -2.11. The minimum Gasteiger partial charge on any atom is -0.508 e. The summed E-state index contributed by atoms with van der Waals surface area (Å²) in [7, 11) is 0. The predicted octanol–water partition coefficient (Wildman–Crippen LogP) is 5.64. The Hall–Kier alpha value is -3.47. The summed E-state index contributed by atoms with van der Waals surface area (Å²) in [6.45, 7) is 6.06. The molecule has 0 amide bonds. The summed E-state index contributed by atoms with van der Waals surface area (Å²) in [5, 5.41) is 40.2. The van der Waals surface area contributed by atoms with E-state index in [2.05, 4.69) is 6.08 Å². The number of phenolic OH excluding ortho intramolecular Hbond substituents is 4. The van der Waals surface area contributed by atoms with E-state index in [-0.39, 0.29) is 29.0 Å². The van der Waals surface area contributed by atoms with Gasteiger partial charge in [-0.3, -0.25) is 4.79 Å². The molecule has 0 atom stereocenters. The van der Waals surface area contributed by atoms with E-state index >= 15 is 0 Å². The van der Waals surface area contributed by atoms with Crippen molar-refractivity contribution < 1.29 is 25.2 Å². The Bertz CT molecular complexity index is 991. The van der Waals surface area contributed by atoms with Gasteiger partial charge in [-0.1, -0.05) is 41.5 Å². The lowest BCUT2D eigenvalue weighted by molar-refractivity contribution is 0.104. The van der Waals surface area contributed by atoms with Crippen molar-refractivity contribution in [3.8, 4) is 23.0 Å². The minimum absolute atomic E-state index is 0.112. The van der Waals surface area contributed by atoms with E-state index in [1.54, 1.807) is 12.1 Å². The van der Waals surface area contributed by atoms with Crippen molar-refractivity contribution in [1.82, 2.24) is 0 Å². The van der Waals surface area contributed by atoms with Gasteiger partial charge in [-0.25, -0.2) is 0 Å². The lowest BCUT2D eigenvalue weighted by atomic mass is 9.98. The van der Waals surface area contributed by atoms with E-state index in [4.69, 9.17) is 0 Å². The fourth-order valence-corrected chi connectivity index (χ4v) is 2.93. The van der Waals surface area contributed by atoms with Crippen LogP contribution in [0.15, 0.2) is 59.7 Å². The van der Waals surface area contributed by atoms with Crippen LogP contribution in [0.2, 0.25) is 0 Å². The molecule has 2 rings (SSSR count). The number of allylic oxidation sites excluding steroid dienone is 5. The number of hydrogen-bond acceptors (Lipinski definition) is 5. The summed E-state index contributed by atoms with van der Waals surface area (Å²) in [6.07, 6.45) is 8.77. The Labute approximate surface area is 177 Å². The second-order valence-corrected chi connectivity index (χ2v) is 7.48. The van der Waals surface area contributed by atoms with Gasteiger partial charge in [0.15, 0.2) is 5.78 Å². The number of ketones is 1. The molecule has 0 aromatic heterocycles. The largest absolute Gasteiger partial charge is 0.508 e. The molecule has 0 saturated heterocycles. The van der Waals surface area contributed by atoms with E-state index in [0.29, 0.717) is 5.56 Å². The maximum atomic E-state index is 12.6. The zero-order valence-electron chi connectivity index (χ0n) is 17.5. The third-order valence-corrected chi connectivity index (χ3v) is 4.67. The van der Waals surface area contributed by atoms with Crippen molar-refractivity contribution in [1.29, 1.82) is 0 Å². The van der Waals surface area contributed by atoms with Crippen molar-refractivity contribution in [3.63, 3.8) is 0 Å². The van der Waals surface area contributed by atoms with Gasteiger partial charge in [0.2, 0.25) is 0 Å². The average Bonchev–Trinajstić information content (AvgIpc) is 2.66. The Morgan fingerprint density at radius 3 is 2.23 bits per heavy atom. The molecule has 2 aromatic rings. The number of carbonyl (C=O) groups is 1. The predicted molar refractivity (Wildman–Crippen MR) is 119 cm³/mol. The molecule has 0 aliphatic heterocycles. The van der Waals surface area contributed by atoms with Crippen LogP contribution in [-0.2, 0) is 6.42 Å². The lowest BCUT2D eigenvalue weighted by Crippen LogP contribution is -1.99. The molecule has 158 valence electrons. The molecule has 2 aromatic carbocycles. The Morgan fingerprint density at radius 1 is 0.933 bits per heavy atom. The van der Waals surface area contributed by atoms with Crippen LogP contribution < -0.4 is 0 Å². The zero-order valence-corrected chi connectivity index (χ0v) is 17.5. The highest BCUT2D eigenvalue weighted by Crippen LogP contribution is 2.38. The van der Waals surface area contributed by atoms with Crippen molar-refractivity contribution in [2.75, 3.05) is 0 Å². The minimum atomic E-state index is -0.594. The van der Waals surface area contributed by atoms with Gasteiger partial charge in [0.05, 0.1) is 0 Å². The molecule has 0 saturated carbocycles. The first kappa shape index (κ1) is 22.8. The van der Waals surface area contributed by atoms with Crippen molar-refractivity contribution in [2.45, 2.75) is 40.0 Å². The van der Waals surface area contributed by atoms with Crippen LogP contribution in [0.4, 0.5) is 0 Å². The smallest absolute Gasteiger partial charge is 0.193 e. The number of benzene rings is 2. The highest BCUT2D eigenvalue weighted by atomic mass is 16.3. The molecule has 4 N–H and O–H groups in total. The molecule has 5 heteroatoms. The Balaban J connectivity index is 2.24.